The molecule has 11 nitrogen and oxygen atoms in total. The van der Waals surface area contributed by atoms with Gasteiger partial charge in [0, 0.05) is 63.2 Å². The number of carbonyl (C=O) groups is 1. The summed E-state index contributed by atoms with van der Waals surface area (Å²) in [5.41, 5.74) is 2.65. The van der Waals surface area contributed by atoms with E-state index in [4.69, 9.17) is 19.2 Å². The number of pyridine rings is 1. The van der Waals surface area contributed by atoms with E-state index in [-0.39, 0.29) is 6.09 Å². The van der Waals surface area contributed by atoms with Gasteiger partial charge in [0.15, 0.2) is 5.65 Å². The van der Waals surface area contributed by atoms with E-state index < -0.39 is 5.60 Å². The second-order valence-electron chi connectivity index (χ2n) is 12.5. The van der Waals surface area contributed by atoms with Gasteiger partial charge in [0.2, 0.25) is 5.88 Å². The Bertz CT molecular complexity index is 1320. The molecule has 11 heteroatoms. The van der Waals surface area contributed by atoms with Crippen molar-refractivity contribution in [3.05, 3.63) is 41.7 Å². The molecule has 3 aromatic rings. The van der Waals surface area contributed by atoms with Gasteiger partial charge in [0.05, 0.1) is 12.8 Å². The van der Waals surface area contributed by atoms with Crippen molar-refractivity contribution < 1.29 is 19.0 Å². The van der Waals surface area contributed by atoms with Crippen LogP contribution in [0.15, 0.2) is 30.6 Å². The van der Waals surface area contributed by atoms with Gasteiger partial charge in [0.25, 0.3) is 0 Å². The Morgan fingerprint density at radius 3 is 2.53 bits per heavy atom. The highest BCUT2D eigenvalue weighted by Gasteiger charge is 2.27. The van der Waals surface area contributed by atoms with Gasteiger partial charge >= 0.3 is 6.09 Å². The fourth-order valence-electron chi connectivity index (χ4n) is 5.51. The number of piperidine rings is 2. The minimum Gasteiger partial charge on any atom is -0.475 e. The quantitative estimate of drug-likeness (QED) is 0.295. The van der Waals surface area contributed by atoms with Crippen LogP contribution in [0, 0.1) is 5.92 Å². The zero-order chi connectivity index (χ0) is 30.2. The van der Waals surface area contributed by atoms with E-state index in [0.717, 1.165) is 60.8 Å². The fourth-order valence-corrected chi connectivity index (χ4v) is 5.51. The normalized spacial score (nSPS) is 16.5. The monoisotopic (exact) mass is 593 g/mol. The van der Waals surface area contributed by atoms with Crippen LogP contribution in [0.1, 0.15) is 70.9 Å². The molecular formula is C32H47N7O4. The highest BCUT2D eigenvalue weighted by Crippen LogP contribution is 2.25. The number of nitrogens with zero attached hydrogens (tertiary/aromatic N) is 6. The highest BCUT2D eigenvalue weighted by atomic mass is 16.6. The summed E-state index contributed by atoms with van der Waals surface area (Å²) in [6, 6.07) is 6.03. The number of carbonyl (C=O) groups excluding carboxylic acids is 1. The van der Waals surface area contributed by atoms with E-state index >= 15 is 0 Å². The lowest BCUT2D eigenvalue weighted by Crippen LogP contribution is -2.42. The topological polar surface area (TPSA) is 106 Å². The van der Waals surface area contributed by atoms with Crippen molar-refractivity contribution in [2.45, 2.75) is 78.4 Å². The Morgan fingerprint density at radius 2 is 1.84 bits per heavy atom. The van der Waals surface area contributed by atoms with Crippen molar-refractivity contribution in [3.8, 4) is 5.88 Å². The maximum atomic E-state index is 12.2. The Labute approximate surface area is 254 Å². The lowest BCUT2D eigenvalue weighted by molar-refractivity contribution is 0.00997. The van der Waals surface area contributed by atoms with Crippen LogP contribution in [0.4, 0.5) is 16.4 Å². The average Bonchev–Trinajstić information content (AvgIpc) is 3.43. The Balaban J connectivity index is 1.04. The van der Waals surface area contributed by atoms with Crippen LogP contribution >= 0.6 is 0 Å². The van der Waals surface area contributed by atoms with E-state index in [2.05, 4.69) is 33.3 Å². The first kappa shape index (κ1) is 30.8. The first-order valence-electron chi connectivity index (χ1n) is 15.8. The summed E-state index contributed by atoms with van der Waals surface area (Å²) in [6.07, 6.45) is 9.96. The Morgan fingerprint density at radius 1 is 1.05 bits per heavy atom. The molecule has 0 aliphatic carbocycles. The van der Waals surface area contributed by atoms with Crippen LogP contribution in [-0.4, -0.2) is 82.2 Å². The molecule has 0 bridgehead atoms. The lowest BCUT2D eigenvalue weighted by Gasteiger charge is -2.33. The molecular weight excluding hydrogens is 546 g/mol. The molecule has 0 atom stereocenters. The molecule has 1 N–H and O–H groups in total. The maximum absolute atomic E-state index is 12.2. The van der Waals surface area contributed by atoms with Crippen LogP contribution in [0.2, 0.25) is 0 Å². The Kier molecular flexibility index (Phi) is 10.2. The summed E-state index contributed by atoms with van der Waals surface area (Å²) >= 11 is 0. The van der Waals surface area contributed by atoms with Crippen LogP contribution in [0.5, 0.6) is 5.88 Å². The van der Waals surface area contributed by atoms with E-state index in [0.29, 0.717) is 51.3 Å². The van der Waals surface area contributed by atoms with Crippen molar-refractivity contribution in [1.29, 1.82) is 0 Å². The van der Waals surface area contributed by atoms with Crippen LogP contribution in [0.3, 0.4) is 0 Å². The zero-order valence-electron chi connectivity index (χ0n) is 26.2. The number of amides is 1. The number of nitrogens with one attached hydrogen (secondary N) is 1. The third kappa shape index (κ3) is 8.49. The van der Waals surface area contributed by atoms with Crippen molar-refractivity contribution >= 4 is 23.4 Å². The van der Waals surface area contributed by atoms with Crippen molar-refractivity contribution in [2.24, 2.45) is 5.92 Å². The summed E-state index contributed by atoms with van der Waals surface area (Å²) in [4.78, 5) is 25.9. The summed E-state index contributed by atoms with van der Waals surface area (Å²) < 4.78 is 19.1. The largest absolute Gasteiger partial charge is 0.475 e. The molecule has 2 aliphatic heterocycles. The van der Waals surface area contributed by atoms with Gasteiger partial charge in [-0.3, -0.25) is 0 Å². The number of ether oxygens (including phenoxy) is 3. The van der Waals surface area contributed by atoms with Gasteiger partial charge < -0.3 is 29.3 Å². The first-order valence-corrected chi connectivity index (χ1v) is 15.8. The predicted molar refractivity (Wildman–Crippen MR) is 167 cm³/mol. The minimum absolute atomic E-state index is 0.227. The molecule has 2 fully saturated rings. The second-order valence-corrected chi connectivity index (χ2v) is 12.5. The first-order chi connectivity index (χ1) is 20.8. The van der Waals surface area contributed by atoms with E-state index in [1.165, 1.54) is 19.3 Å². The lowest BCUT2D eigenvalue weighted by atomic mass is 9.98. The fraction of sp³-hybridized carbons (Fsp3) is 0.625. The number of likely N-dealkylation sites (tertiary alicyclic amines) is 1. The SMILES string of the molecule is CCc1cnn2c(NCc3ccc(OCCOCC4CCN(C(=O)OC(C)(C)C)CC4)nc3)cc(N3CCCCC3)nc12. The average molecular weight is 594 g/mol. The predicted octanol–water partition coefficient (Wildman–Crippen LogP) is 5.33. The molecule has 0 spiro atoms. The molecule has 234 valence electrons. The van der Waals surface area contributed by atoms with E-state index in [1.54, 1.807) is 4.90 Å². The maximum Gasteiger partial charge on any atom is 0.410 e. The van der Waals surface area contributed by atoms with Gasteiger partial charge in [0.1, 0.15) is 23.8 Å². The number of anilines is 2. The molecule has 1 amide bonds. The number of aryl methyl sites for hydroxylation is 1. The van der Waals surface area contributed by atoms with Crippen molar-refractivity contribution in [1.82, 2.24) is 24.5 Å². The number of hydrogen-bond acceptors (Lipinski definition) is 9. The molecule has 0 radical (unpaired) electrons. The molecule has 5 heterocycles. The minimum atomic E-state index is -0.466. The Hall–Kier alpha value is -3.60. The van der Waals surface area contributed by atoms with Gasteiger partial charge in [-0.1, -0.05) is 13.0 Å². The van der Waals surface area contributed by atoms with Crippen molar-refractivity contribution in [3.63, 3.8) is 0 Å². The smallest absolute Gasteiger partial charge is 0.410 e. The van der Waals surface area contributed by atoms with E-state index in [9.17, 15) is 4.79 Å². The van der Waals surface area contributed by atoms with Gasteiger partial charge in [-0.05, 0) is 70.8 Å². The number of rotatable bonds is 11. The van der Waals surface area contributed by atoms with Gasteiger partial charge in [-0.2, -0.15) is 9.61 Å². The number of fused-ring (bicyclic) bond motifs is 1. The molecule has 0 saturated carbocycles. The summed E-state index contributed by atoms with van der Waals surface area (Å²) in [7, 11) is 0. The number of aromatic nitrogens is 4. The summed E-state index contributed by atoms with van der Waals surface area (Å²) in [5, 5.41) is 8.16. The molecule has 5 rings (SSSR count). The second kappa shape index (κ2) is 14.2. The van der Waals surface area contributed by atoms with Gasteiger partial charge in [-0.15, -0.1) is 0 Å². The standard InChI is InChI=1S/C32H47N7O4/c1-5-26-22-35-39-27(19-28(36-30(26)39)37-13-7-6-8-14-37)33-20-25-9-10-29(34-21-25)42-18-17-41-23-24-11-15-38(16-12-24)31(40)43-32(2,3)4/h9-10,19,21-22,24,33H,5-8,11-18,20,23H2,1-4H3. The molecule has 3 aromatic heterocycles. The molecule has 2 aliphatic rings. The highest BCUT2D eigenvalue weighted by molar-refractivity contribution is 5.68. The van der Waals surface area contributed by atoms with Gasteiger partial charge in [-0.25, -0.2) is 14.8 Å². The third-order valence-electron chi connectivity index (χ3n) is 7.96. The molecule has 0 unspecified atom stereocenters. The molecule has 43 heavy (non-hydrogen) atoms. The van der Waals surface area contributed by atoms with Crippen LogP contribution < -0.4 is 15.0 Å². The number of hydrogen-bond donors (Lipinski definition) is 1. The molecule has 0 aromatic carbocycles. The zero-order valence-corrected chi connectivity index (χ0v) is 26.2. The van der Waals surface area contributed by atoms with Crippen molar-refractivity contribution in [2.75, 3.05) is 56.2 Å². The van der Waals surface area contributed by atoms with Crippen LogP contribution in [0.25, 0.3) is 5.65 Å². The summed E-state index contributed by atoms with van der Waals surface area (Å²) in [5.74, 6) is 2.96. The molecule has 2 saturated heterocycles. The van der Waals surface area contributed by atoms with E-state index in [1.807, 2.05) is 49.8 Å². The summed E-state index contributed by atoms with van der Waals surface area (Å²) in [6.45, 7) is 13.5. The third-order valence-corrected chi connectivity index (χ3v) is 7.96. The van der Waals surface area contributed by atoms with Crippen LogP contribution in [-0.2, 0) is 22.4 Å².